The third-order valence-electron chi connectivity index (χ3n) is 3.12. The highest BCUT2D eigenvalue weighted by molar-refractivity contribution is 5.48. The van der Waals surface area contributed by atoms with E-state index in [1.165, 1.54) is 31.2 Å². The van der Waals surface area contributed by atoms with Gasteiger partial charge < -0.3 is 0 Å². The summed E-state index contributed by atoms with van der Waals surface area (Å²) >= 11 is 0. The van der Waals surface area contributed by atoms with Crippen molar-refractivity contribution in [2.24, 2.45) is 0 Å². The molecule has 1 rings (SSSR count). The van der Waals surface area contributed by atoms with Crippen molar-refractivity contribution in [3.05, 3.63) is 24.0 Å². The Kier molecular flexibility index (Phi) is 4.13. The van der Waals surface area contributed by atoms with E-state index in [9.17, 15) is 0 Å². The fourth-order valence-corrected chi connectivity index (χ4v) is 2.44. The summed E-state index contributed by atoms with van der Waals surface area (Å²) in [4.78, 5) is 0. The van der Waals surface area contributed by atoms with Crippen LogP contribution in [0.4, 0.5) is 0 Å². The van der Waals surface area contributed by atoms with E-state index >= 15 is 0 Å². The Morgan fingerprint density at radius 2 is 2.00 bits per heavy atom. The van der Waals surface area contributed by atoms with Gasteiger partial charge in [0.25, 0.3) is 0 Å². The first-order valence-electron chi connectivity index (χ1n) is 5.84. The molecule has 0 unspecified atom stereocenters. The second-order valence-corrected chi connectivity index (χ2v) is 4.45. The van der Waals surface area contributed by atoms with Crippen LogP contribution in [0.15, 0.2) is 12.8 Å². The second kappa shape index (κ2) is 5.15. The average Bonchev–Trinajstić information content (AvgIpc) is 2.66. The number of H-pyrrole nitrogens is 1. The van der Waals surface area contributed by atoms with Gasteiger partial charge in [0.15, 0.2) is 0 Å². The van der Waals surface area contributed by atoms with Gasteiger partial charge in [-0.2, -0.15) is 5.10 Å². The lowest BCUT2D eigenvalue weighted by molar-refractivity contribution is 0.391. The molecule has 1 N–H and O–H groups in total. The molecule has 1 aromatic heterocycles. The van der Waals surface area contributed by atoms with E-state index in [1.54, 1.807) is 0 Å². The second-order valence-electron chi connectivity index (χ2n) is 4.45. The number of nitrogens with one attached hydrogen (secondary N) is 1. The Balaban J connectivity index is 3.02. The summed E-state index contributed by atoms with van der Waals surface area (Å²) in [5.41, 5.74) is 2.58. The van der Waals surface area contributed by atoms with E-state index in [-0.39, 0.29) is 5.41 Å². The summed E-state index contributed by atoms with van der Waals surface area (Å²) in [6.07, 6.45) is 8.71. The zero-order valence-electron chi connectivity index (χ0n) is 10.1. The van der Waals surface area contributed by atoms with Gasteiger partial charge in [-0.3, -0.25) is 5.10 Å². The van der Waals surface area contributed by atoms with Crippen LogP contribution in [0, 0.1) is 0 Å². The van der Waals surface area contributed by atoms with Crippen molar-refractivity contribution < 1.29 is 0 Å². The van der Waals surface area contributed by atoms with Crippen molar-refractivity contribution >= 4 is 6.08 Å². The summed E-state index contributed by atoms with van der Waals surface area (Å²) in [5, 5.41) is 7.17. The van der Waals surface area contributed by atoms with Gasteiger partial charge in [-0.25, -0.2) is 0 Å². The molecule has 0 saturated carbocycles. The maximum absolute atomic E-state index is 4.22. The van der Waals surface area contributed by atoms with Gasteiger partial charge in [0.2, 0.25) is 0 Å². The van der Waals surface area contributed by atoms with Gasteiger partial charge in [0.1, 0.15) is 0 Å². The molecule has 0 fully saturated rings. The summed E-state index contributed by atoms with van der Waals surface area (Å²) in [6, 6.07) is 0. The molecular weight excluding hydrogens is 184 g/mol. The number of nitrogens with zero attached hydrogens (tertiary/aromatic N) is 1. The molecular formula is C13H22N2. The summed E-state index contributed by atoms with van der Waals surface area (Å²) < 4.78 is 0. The SMILES string of the molecule is C=Cc1n[nH]cc1C(C)(CCC)CCC. The number of aromatic nitrogens is 2. The summed E-state index contributed by atoms with van der Waals surface area (Å²) in [7, 11) is 0. The highest BCUT2D eigenvalue weighted by atomic mass is 15.1. The Hall–Kier alpha value is -1.05. The highest BCUT2D eigenvalue weighted by Gasteiger charge is 2.27. The molecule has 2 heteroatoms. The zero-order chi connectivity index (χ0) is 11.3. The molecule has 0 aromatic carbocycles. The van der Waals surface area contributed by atoms with Crippen LogP contribution in [0.2, 0.25) is 0 Å². The number of aromatic amines is 1. The van der Waals surface area contributed by atoms with Gasteiger partial charge in [-0.1, -0.05) is 40.2 Å². The molecule has 1 heterocycles. The van der Waals surface area contributed by atoms with Gasteiger partial charge in [0.05, 0.1) is 5.69 Å². The quantitative estimate of drug-likeness (QED) is 0.751. The van der Waals surface area contributed by atoms with E-state index in [1.807, 2.05) is 12.3 Å². The maximum Gasteiger partial charge on any atom is 0.0880 e. The Bertz CT molecular complexity index is 306. The topological polar surface area (TPSA) is 28.7 Å². The lowest BCUT2D eigenvalue weighted by Crippen LogP contribution is -2.21. The number of hydrogen-bond donors (Lipinski definition) is 1. The zero-order valence-corrected chi connectivity index (χ0v) is 10.1. The van der Waals surface area contributed by atoms with Crippen LogP contribution in [0.5, 0.6) is 0 Å². The molecule has 0 bridgehead atoms. The highest BCUT2D eigenvalue weighted by Crippen LogP contribution is 2.35. The molecule has 0 aliphatic rings. The van der Waals surface area contributed by atoms with Crippen molar-refractivity contribution in [3.63, 3.8) is 0 Å². The van der Waals surface area contributed by atoms with Crippen molar-refractivity contribution in [1.82, 2.24) is 10.2 Å². The first kappa shape index (κ1) is 12.0. The molecule has 0 atom stereocenters. The van der Waals surface area contributed by atoms with E-state index in [0.717, 1.165) is 5.69 Å². The van der Waals surface area contributed by atoms with Crippen LogP contribution in [0.3, 0.4) is 0 Å². The van der Waals surface area contributed by atoms with Crippen LogP contribution in [0.25, 0.3) is 6.08 Å². The molecule has 15 heavy (non-hydrogen) atoms. The van der Waals surface area contributed by atoms with Crippen LogP contribution in [0.1, 0.15) is 57.7 Å². The molecule has 0 saturated heterocycles. The Morgan fingerprint density at radius 3 is 2.47 bits per heavy atom. The molecule has 84 valence electrons. The molecule has 0 radical (unpaired) electrons. The summed E-state index contributed by atoms with van der Waals surface area (Å²) in [6.45, 7) is 10.6. The molecule has 2 nitrogen and oxygen atoms in total. The Labute approximate surface area is 92.8 Å². The van der Waals surface area contributed by atoms with Crippen LogP contribution in [-0.4, -0.2) is 10.2 Å². The maximum atomic E-state index is 4.22. The predicted molar refractivity (Wildman–Crippen MR) is 65.8 cm³/mol. The number of rotatable bonds is 6. The fraction of sp³-hybridized carbons (Fsp3) is 0.615. The van der Waals surface area contributed by atoms with Crippen molar-refractivity contribution in [2.75, 3.05) is 0 Å². The molecule has 0 aliphatic heterocycles. The van der Waals surface area contributed by atoms with Crippen LogP contribution < -0.4 is 0 Å². The lowest BCUT2D eigenvalue weighted by Gasteiger charge is -2.28. The van der Waals surface area contributed by atoms with Crippen LogP contribution in [-0.2, 0) is 5.41 Å². The van der Waals surface area contributed by atoms with Crippen molar-refractivity contribution in [3.8, 4) is 0 Å². The van der Waals surface area contributed by atoms with E-state index in [2.05, 4.69) is 37.5 Å². The monoisotopic (exact) mass is 206 g/mol. The standard InChI is InChI=1S/C13H22N2/c1-5-8-13(4,9-6-2)11-10-14-15-12(11)7-3/h7,10H,3,5-6,8-9H2,1-2,4H3,(H,14,15). The summed E-state index contributed by atoms with van der Waals surface area (Å²) in [5.74, 6) is 0. The fourth-order valence-electron chi connectivity index (χ4n) is 2.44. The molecule has 1 aromatic rings. The minimum absolute atomic E-state index is 0.250. The van der Waals surface area contributed by atoms with Crippen molar-refractivity contribution in [2.45, 2.75) is 51.9 Å². The minimum Gasteiger partial charge on any atom is -0.285 e. The van der Waals surface area contributed by atoms with Gasteiger partial charge in [-0.05, 0) is 24.3 Å². The third kappa shape index (κ3) is 2.49. The first-order chi connectivity index (χ1) is 7.18. The number of hydrogen-bond acceptors (Lipinski definition) is 1. The Morgan fingerprint density at radius 1 is 1.40 bits per heavy atom. The predicted octanol–water partition coefficient (Wildman–Crippen LogP) is 3.91. The first-order valence-corrected chi connectivity index (χ1v) is 5.84. The minimum atomic E-state index is 0.250. The average molecular weight is 206 g/mol. The van der Waals surface area contributed by atoms with Crippen LogP contribution >= 0.6 is 0 Å². The van der Waals surface area contributed by atoms with E-state index in [0.29, 0.717) is 0 Å². The molecule has 0 aliphatic carbocycles. The van der Waals surface area contributed by atoms with Crippen molar-refractivity contribution in [1.29, 1.82) is 0 Å². The largest absolute Gasteiger partial charge is 0.285 e. The lowest BCUT2D eigenvalue weighted by atomic mass is 9.75. The van der Waals surface area contributed by atoms with Gasteiger partial charge in [-0.15, -0.1) is 0 Å². The van der Waals surface area contributed by atoms with E-state index < -0.39 is 0 Å². The normalized spacial score (nSPS) is 11.7. The van der Waals surface area contributed by atoms with Gasteiger partial charge >= 0.3 is 0 Å². The van der Waals surface area contributed by atoms with Gasteiger partial charge in [0, 0.05) is 11.8 Å². The third-order valence-corrected chi connectivity index (χ3v) is 3.12. The molecule has 0 spiro atoms. The van der Waals surface area contributed by atoms with E-state index in [4.69, 9.17) is 0 Å². The smallest absolute Gasteiger partial charge is 0.0880 e. The molecule has 0 amide bonds.